The van der Waals surface area contributed by atoms with Crippen molar-refractivity contribution in [3.05, 3.63) is 0 Å². The summed E-state index contributed by atoms with van der Waals surface area (Å²) in [6.07, 6.45) is 3.83. The van der Waals surface area contributed by atoms with Gasteiger partial charge in [-0.25, -0.2) is 4.79 Å². The Bertz CT molecular complexity index is 511. The van der Waals surface area contributed by atoms with E-state index < -0.39 is 11.6 Å². The Morgan fingerprint density at radius 1 is 1.35 bits per heavy atom. The van der Waals surface area contributed by atoms with Crippen molar-refractivity contribution in [3.63, 3.8) is 0 Å². The number of piperidine rings is 1. The maximum absolute atomic E-state index is 12.5. The number of hydrogen-bond donors (Lipinski definition) is 3. The van der Waals surface area contributed by atoms with E-state index in [9.17, 15) is 14.4 Å². The van der Waals surface area contributed by atoms with Crippen molar-refractivity contribution in [2.75, 3.05) is 13.1 Å². The third kappa shape index (κ3) is 3.45. The van der Waals surface area contributed by atoms with E-state index in [4.69, 9.17) is 0 Å². The van der Waals surface area contributed by atoms with E-state index in [1.807, 2.05) is 6.92 Å². The van der Waals surface area contributed by atoms with Crippen molar-refractivity contribution in [3.8, 4) is 0 Å². The summed E-state index contributed by atoms with van der Waals surface area (Å²) in [7, 11) is 0. The van der Waals surface area contributed by atoms with Crippen LogP contribution in [-0.2, 0) is 9.59 Å². The van der Waals surface area contributed by atoms with Crippen molar-refractivity contribution in [2.24, 2.45) is 5.92 Å². The van der Waals surface area contributed by atoms with E-state index in [0.29, 0.717) is 0 Å². The summed E-state index contributed by atoms with van der Waals surface area (Å²) in [5, 5.41) is 9.00. The molecule has 3 atom stereocenters. The molecule has 0 bridgehead atoms. The zero-order valence-electron chi connectivity index (χ0n) is 13.6. The monoisotopic (exact) mass is 344 g/mol. The molecule has 3 fully saturated rings. The summed E-state index contributed by atoms with van der Waals surface area (Å²) in [4.78, 5) is 37.7. The molecule has 23 heavy (non-hydrogen) atoms. The number of nitrogens with one attached hydrogen (secondary N) is 3. The van der Waals surface area contributed by atoms with Crippen LogP contribution in [0.5, 0.6) is 0 Å². The molecule has 0 aromatic rings. The van der Waals surface area contributed by atoms with Gasteiger partial charge in [0.25, 0.3) is 5.91 Å². The van der Waals surface area contributed by atoms with Crippen molar-refractivity contribution in [1.29, 1.82) is 0 Å². The zero-order chi connectivity index (χ0) is 15.9. The quantitative estimate of drug-likeness (QED) is 0.643. The maximum atomic E-state index is 12.5. The number of carbonyl (C=O) groups excluding carboxylic acids is 3. The van der Waals surface area contributed by atoms with E-state index >= 15 is 0 Å². The van der Waals surface area contributed by atoms with Crippen molar-refractivity contribution in [1.82, 2.24) is 20.9 Å². The molecule has 0 radical (unpaired) electrons. The Morgan fingerprint density at radius 3 is 2.65 bits per heavy atom. The number of hydrogen-bond acceptors (Lipinski definition) is 4. The molecule has 0 spiro atoms. The summed E-state index contributed by atoms with van der Waals surface area (Å²) in [6.45, 7) is 4.55. The summed E-state index contributed by atoms with van der Waals surface area (Å²) >= 11 is 0. The Balaban J connectivity index is 0.00000192. The van der Waals surface area contributed by atoms with E-state index in [2.05, 4.69) is 16.0 Å². The fourth-order valence-corrected chi connectivity index (χ4v) is 3.43. The molecule has 7 nitrogen and oxygen atoms in total. The highest BCUT2D eigenvalue weighted by atomic mass is 35.5. The highest BCUT2D eigenvalue weighted by Crippen LogP contribution is 2.42. The molecular weight excluding hydrogens is 320 g/mol. The van der Waals surface area contributed by atoms with Gasteiger partial charge in [-0.2, -0.15) is 0 Å². The molecule has 1 saturated carbocycles. The second-order valence-corrected chi connectivity index (χ2v) is 6.86. The van der Waals surface area contributed by atoms with Gasteiger partial charge in [-0.05, 0) is 52.0 Å². The molecule has 0 aromatic carbocycles. The van der Waals surface area contributed by atoms with E-state index in [0.717, 1.165) is 37.1 Å². The topological polar surface area (TPSA) is 90.5 Å². The van der Waals surface area contributed by atoms with Crippen LogP contribution in [0.4, 0.5) is 4.79 Å². The molecule has 1 aliphatic carbocycles. The zero-order valence-corrected chi connectivity index (χ0v) is 14.4. The lowest BCUT2D eigenvalue weighted by Gasteiger charge is -2.31. The standard InChI is InChI=1S/C15H24N4O3.ClH/c1-9-11(4-3-7-16-9)17-12(20)8-19-13(21)15(2,10-5-6-10)18-14(19)22;/h9-11,16H,3-8H2,1-2H3,(H,17,20)(H,18,22);1H. The summed E-state index contributed by atoms with van der Waals surface area (Å²) in [5.41, 5.74) is -0.822. The van der Waals surface area contributed by atoms with Gasteiger partial charge in [-0.15, -0.1) is 12.4 Å². The van der Waals surface area contributed by atoms with Crippen LogP contribution < -0.4 is 16.0 Å². The molecule has 2 saturated heterocycles. The second kappa shape index (κ2) is 6.65. The van der Waals surface area contributed by atoms with Crippen molar-refractivity contribution in [2.45, 2.75) is 57.2 Å². The number of amides is 4. The number of imide groups is 1. The molecule has 4 amide bonds. The van der Waals surface area contributed by atoms with Crippen LogP contribution in [0.3, 0.4) is 0 Å². The average molecular weight is 345 g/mol. The van der Waals surface area contributed by atoms with E-state index in [1.54, 1.807) is 6.92 Å². The lowest BCUT2D eigenvalue weighted by atomic mass is 9.96. The largest absolute Gasteiger partial charge is 0.350 e. The van der Waals surface area contributed by atoms with E-state index in [-0.39, 0.29) is 48.8 Å². The van der Waals surface area contributed by atoms with Gasteiger partial charge in [0.05, 0.1) is 0 Å². The normalized spacial score (nSPS) is 33.9. The first-order valence-corrected chi connectivity index (χ1v) is 8.08. The molecule has 3 N–H and O–H groups in total. The van der Waals surface area contributed by atoms with Crippen LogP contribution in [0.25, 0.3) is 0 Å². The number of halogens is 1. The minimum absolute atomic E-state index is 0. The van der Waals surface area contributed by atoms with Crippen LogP contribution in [-0.4, -0.2) is 53.5 Å². The second-order valence-electron chi connectivity index (χ2n) is 6.86. The van der Waals surface area contributed by atoms with Gasteiger partial charge in [-0.1, -0.05) is 0 Å². The van der Waals surface area contributed by atoms with Crippen LogP contribution in [0.2, 0.25) is 0 Å². The third-order valence-corrected chi connectivity index (χ3v) is 5.10. The minimum Gasteiger partial charge on any atom is -0.350 e. The molecule has 2 aliphatic heterocycles. The van der Waals surface area contributed by atoms with Crippen LogP contribution >= 0.6 is 12.4 Å². The van der Waals surface area contributed by atoms with Gasteiger partial charge in [0.1, 0.15) is 12.1 Å². The predicted molar refractivity (Wildman–Crippen MR) is 87.3 cm³/mol. The van der Waals surface area contributed by atoms with Gasteiger partial charge in [0, 0.05) is 12.1 Å². The summed E-state index contributed by atoms with van der Waals surface area (Å²) < 4.78 is 0. The molecule has 8 heteroatoms. The van der Waals surface area contributed by atoms with E-state index in [1.165, 1.54) is 0 Å². The molecular formula is C15H25ClN4O3. The molecule has 3 unspecified atom stereocenters. The molecule has 130 valence electrons. The van der Waals surface area contributed by atoms with Gasteiger partial charge in [0.15, 0.2) is 0 Å². The molecule has 0 aromatic heterocycles. The van der Waals surface area contributed by atoms with Gasteiger partial charge in [0.2, 0.25) is 5.91 Å². The predicted octanol–water partition coefficient (Wildman–Crippen LogP) is 0.385. The minimum atomic E-state index is -0.822. The Kier molecular flexibility index (Phi) is 5.20. The summed E-state index contributed by atoms with van der Waals surface area (Å²) in [6, 6.07) is -0.196. The molecule has 3 rings (SSSR count). The van der Waals surface area contributed by atoms with Crippen LogP contribution in [0, 0.1) is 5.92 Å². The lowest BCUT2D eigenvalue weighted by molar-refractivity contribution is -0.135. The Morgan fingerprint density at radius 2 is 2.04 bits per heavy atom. The molecule has 2 heterocycles. The first kappa shape index (κ1) is 18.0. The van der Waals surface area contributed by atoms with Crippen LogP contribution in [0.1, 0.15) is 39.5 Å². The number of urea groups is 1. The summed E-state index contributed by atoms with van der Waals surface area (Å²) in [5.74, 6) is -0.339. The van der Waals surface area contributed by atoms with Crippen LogP contribution in [0.15, 0.2) is 0 Å². The number of nitrogens with zero attached hydrogens (tertiary/aromatic N) is 1. The number of carbonyl (C=O) groups is 3. The number of rotatable bonds is 4. The van der Waals surface area contributed by atoms with Crippen molar-refractivity contribution < 1.29 is 14.4 Å². The SMILES string of the molecule is CC1NCCCC1NC(=O)CN1C(=O)NC(C)(C2CC2)C1=O.Cl. The first-order chi connectivity index (χ1) is 10.4. The van der Waals surface area contributed by atoms with Crippen molar-refractivity contribution >= 4 is 30.3 Å². The van der Waals surface area contributed by atoms with Gasteiger partial charge in [-0.3, -0.25) is 14.5 Å². The smallest absolute Gasteiger partial charge is 0.325 e. The highest BCUT2D eigenvalue weighted by molar-refractivity contribution is 6.09. The molecule has 3 aliphatic rings. The van der Waals surface area contributed by atoms with Gasteiger partial charge >= 0.3 is 6.03 Å². The first-order valence-electron chi connectivity index (χ1n) is 8.08. The highest BCUT2D eigenvalue weighted by Gasteiger charge is 2.56. The van der Waals surface area contributed by atoms with Gasteiger partial charge < -0.3 is 16.0 Å². The maximum Gasteiger partial charge on any atom is 0.325 e. The fraction of sp³-hybridized carbons (Fsp3) is 0.800. The fourth-order valence-electron chi connectivity index (χ4n) is 3.43. The average Bonchev–Trinajstić information content (AvgIpc) is 3.28. The Hall–Kier alpha value is -1.34. The Labute approximate surface area is 142 Å². The lowest BCUT2D eigenvalue weighted by Crippen LogP contribution is -2.54. The third-order valence-electron chi connectivity index (χ3n) is 5.10.